The lowest BCUT2D eigenvalue weighted by atomic mass is 9.94. The molecule has 0 radical (unpaired) electrons. The molecule has 3 rings (SSSR count). The summed E-state index contributed by atoms with van der Waals surface area (Å²) in [6.45, 7) is 0.456. The van der Waals surface area contributed by atoms with Gasteiger partial charge in [0.2, 0.25) is 5.91 Å². The maximum absolute atomic E-state index is 13.4. The highest BCUT2D eigenvalue weighted by atomic mass is 19.4. The minimum atomic E-state index is -4.63. The molecular weight excluding hydrogens is 348 g/mol. The third-order valence-corrected chi connectivity index (χ3v) is 4.54. The third kappa shape index (κ3) is 4.04. The molecule has 1 amide bonds. The molecule has 1 aliphatic heterocycles. The van der Waals surface area contributed by atoms with Crippen LogP contribution in [0.15, 0.2) is 42.5 Å². The number of nitrogens with one attached hydrogen (secondary N) is 1. The summed E-state index contributed by atoms with van der Waals surface area (Å²) in [5, 5.41) is 2.62. The molecule has 0 fully saturated rings. The Morgan fingerprint density at radius 2 is 1.88 bits per heavy atom. The number of nitrogens with zero attached hydrogens (tertiary/aromatic N) is 1. The molecule has 2 aromatic carbocycles. The highest BCUT2D eigenvalue weighted by Crippen LogP contribution is 2.30. The van der Waals surface area contributed by atoms with Gasteiger partial charge in [-0.15, -0.1) is 0 Å². The Labute approximate surface area is 148 Å². The number of alkyl halides is 3. The molecule has 26 heavy (non-hydrogen) atoms. The summed E-state index contributed by atoms with van der Waals surface area (Å²) in [5.41, 5.74) is 1.24. The molecule has 0 unspecified atom stereocenters. The quantitative estimate of drug-likeness (QED) is 0.843. The second-order valence-electron chi connectivity index (χ2n) is 6.47. The number of fused-ring (bicyclic) bond motifs is 1. The van der Waals surface area contributed by atoms with Crippen LogP contribution < -0.4 is 5.32 Å². The van der Waals surface area contributed by atoms with Crippen molar-refractivity contribution in [2.24, 2.45) is 0 Å². The van der Waals surface area contributed by atoms with E-state index < -0.39 is 23.6 Å². The molecule has 3 nitrogen and oxygen atoms in total. The predicted octanol–water partition coefficient (Wildman–Crippen LogP) is 3.52. The molecule has 0 saturated carbocycles. The molecule has 0 bridgehead atoms. The molecule has 0 aromatic heterocycles. The Morgan fingerprint density at radius 3 is 2.58 bits per heavy atom. The average Bonchev–Trinajstić information content (AvgIpc) is 2.58. The summed E-state index contributed by atoms with van der Waals surface area (Å²) < 4.78 is 51.8. The van der Waals surface area contributed by atoms with Crippen LogP contribution in [-0.2, 0) is 30.5 Å². The fraction of sp³-hybridized carbons (Fsp3) is 0.316. The van der Waals surface area contributed by atoms with Gasteiger partial charge in [-0.3, -0.25) is 9.69 Å². The number of rotatable bonds is 3. The van der Waals surface area contributed by atoms with Crippen LogP contribution in [0.4, 0.5) is 17.6 Å². The van der Waals surface area contributed by atoms with E-state index in [0.717, 1.165) is 23.3 Å². The van der Waals surface area contributed by atoms with Gasteiger partial charge in [0.1, 0.15) is 5.82 Å². The number of hydrogen-bond acceptors (Lipinski definition) is 2. The summed E-state index contributed by atoms with van der Waals surface area (Å²) >= 11 is 0. The summed E-state index contributed by atoms with van der Waals surface area (Å²) in [6, 6.07) is 9.69. The zero-order valence-electron chi connectivity index (χ0n) is 14.1. The number of carbonyl (C=O) groups excluding carboxylic acids is 1. The van der Waals surface area contributed by atoms with Crippen molar-refractivity contribution in [1.82, 2.24) is 10.2 Å². The van der Waals surface area contributed by atoms with Gasteiger partial charge in [0.15, 0.2) is 0 Å². The Kier molecular flexibility index (Phi) is 5.00. The van der Waals surface area contributed by atoms with E-state index in [1.54, 1.807) is 0 Å². The van der Waals surface area contributed by atoms with E-state index >= 15 is 0 Å². The minimum absolute atomic E-state index is 0.0736. The van der Waals surface area contributed by atoms with E-state index in [1.807, 2.05) is 36.2 Å². The van der Waals surface area contributed by atoms with Crippen molar-refractivity contribution in [3.63, 3.8) is 0 Å². The fourth-order valence-corrected chi connectivity index (χ4v) is 3.17. The van der Waals surface area contributed by atoms with Crippen molar-refractivity contribution >= 4 is 5.91 Å². The summed E-state index contributed by atoms with van der Waals surface area (Å²) in [4.78, 5) is 14.4. The molecule has 138 valence electrons. The standard InChI is InChI=1S/C19H18F4N2O/c1-25-11-14-5-3-2-4-13(14)8-17(25)18(26)24-10-12-6-15(19(21,22)23)9-16(20)7-12/h2-7,9,17H,8,10-11H2,1H3,(H,24,26)/t17-/m0/s1. The van der Waals surface area contributed by atoms with Crippen LogP contribution in [0.3, 0.4) is 0 Å². The number of hydrogen-bond donors (Lipinski definition) is 1. The van der Waals surface area contributed by atoms with Crippen LogP contribution in [0.1, 0.15) is 22.3 Å². The van der Waals surface area contributed by atoms with Gasteiger partial charge in [-0.1, -0.05) is 24.3 Å². The molecule has 1 atom stereocenters. The topological polar surface area (TPSA) is 32.3 Å². The maximum Gasteiger partial charge on any atom is 0.416 e. The molecule has 0 aliphatic carbocycles. The van der Waals surface area contributed by atoms with E-state index in [9.17, 15) is 22.4 Å². The molecule has 2 aromatic rings. The van der Waals surface area contributed by atoms with Crippen molar-refractivity contribution in [1.29, 1.82) is 0 Å². The van der Waals surface area contributed by atoms with Crippen LogP contribution in [0.5, 0.6) is 0 Å². The molecular formula is C19H18F4N2O. The van der Waals surface area contributed by atoms with Crippen LogP contribution in [0, 0.1) is 5.82 Å². The normalized spacial score (nSPS) is 17.7. The average molecular weight is 366 g/mol. The van der Waals surface area contributed by atoms with Crippen molar-refractivity contribution in [3.8, 4) is 0 Å². The Bertz CT molecular complexity index is 819. The summed E-state index contributed by atoms with van der Waals surface area (Å²) in [7, 11) is 1.82. The minimum Gasteiger partial charge on any atom is -0.351 e. The van der Waals surface area contributed by atoms with Gasteiger partial charge in [-0.05, 0) is 48.4 Å². The predicted molar refractivity (Wildman–Crippen MR) is 88.6 cm³/mol. The number of amides is 1. The van der Waals surface area contributed by atoms with E-state index in [-0.39, 0.29) is 18.0 Å². The Morgan fingerprint density at radius 1 is 1.19 bits per heavy atom. The fourth-order valence-electron chi connectivity index (χ4n) is 3.17. The zero-order valence-corrected chi connectivity index (χ0v) is 14.1. The molecule has 1 N–H and O–H groups in total. The highest BCUT2D eigenvalue weighted by Gasteiger charge is 2.32. The smallest absolute Gasteiger partial charge is 0.351 e. The maximum atomic E-state index is 13.4. The van der Waals surface area contributed by atoms with Crippen molar-refractivity contribution in [2.45, 2.75) is 31.7 Å². The van der Waals surface area contributed by atoms with E-state index in [4.69, 9.17) is 0 Å². The number of carbonyl (C=O) groups is 1. The van der Waals surface area contributed by atoms with Gasteiger partial charge in [0.05, 0.1) is 11.6 Å². The Hall–Kier alpha value is -2.41. The first-order valence-electron chi connectivity index (χ1n) is 8.15. The monoisotopic (exact) mass is 366 g/mol. The van der Waals surface area contributed by atoms with E-state index in [1.165, 1.54) is 0 Å². The first kappa shape index (κ1) is 18.4. The van der Waals surface area contributed by atoms with Gasteiger partial charge in [0, 0.05) is 13.1 Å². The molecule has 0 saturated heterocycles. The van der Waals surface area contributed by atoms with Crippen LogP contribution >= 0.6 is 0 Å². The van der Waals surface area contributed by atoms with Crippen molar-refractivity contribution < 1.29 is 22.4 Å². The van der Waals surface area contributed by atoms with Crippen molar-refractivity contribution in [3.05, 3.63) is 70.5 Å². The number of likely N-dealkylation sites (N-methyl/N-ethyl adjacent to an activating group) is 1. The second kappa shape index (κ2) is 7.07. The third-order valence-electron chi connectivity index (χ3n) is 4.54. The second-order valence-corrected chi connectivity index (χ2v) is 6.47. The zero-order chi connectivity index (χ0) is 18.9. The SMILES string of the molecule is CN1Cc2ccccc2C[C@H]1C(=O)NCc1cc(F)cc(C(F)(F)F)c1. The lowest BCUT2D eigenvalue weighted by Crippen LogP contribution is -2.48. The lowest BCUT2D eigenvalue weighted by Gasteiger charge is -2.33. The van der Waals surface area contributed by atoms with Crippen LogP contribution in [-0.4, -0.2) is 23.9 Å². The van der Waals surface area contributed by atoms with Gasteiger partial charge in [0.25, 0.3) is 0 Å². The van der Waals surface area contributed by atoms with Gasteiger partial charge >= 0.3 is 6.18 Å². The van der Waals surface area contributed by atoms with Gasteiger partial charge in [-0.2, -0.15) is 13.2 Å². The van der Waals surface area contributed by atoms with Gasteiger partial charge in [-0.25, -0.2) is 4.39 Å². The first-order chi connectivity index (χ1) is 12.2. The summed E-state index contributed by atoms with van der Waals surface area (Å²) in [6.07, 6.45) is -4.11. The molecule has 0 spiro atoms. The largest absolute Gasteiger partial charge is 0.416 e. The number of halogens is 4. The van der Waals surface area contributed by atoms with E-state index in [2.05, 4.69) is 5.32 Å². The molecule has 7 heteroatoms. The highest BCUT2D eigenvalue weighted by molar-refractivity contribution is 5.82. The molecule has 1 aliphatic rings. The summed E-state index contributed by atoms with van der Waals surface area (Å²) in [5.74, 6) is -1.27. The Balaban J connectivity index is 1.69. The van der Waals surface area contributed by atoms with E-state index in [0.29, 0.717) is 19.0 Å². The number of benzene rings is 2. The van der Waals surface area contributed by atoms with Crippen molar-refractivity contribution in [2.75, 3.05) is 7.05 Å². The lowest BCUT2D eigenvalue weighted by molar-refractivity contribution is -0.137. The first-order valence-corrected chi connectivity index (χ1v) is 8.15. The van der Waals surface area contributed by atoms with Gasteiger partial charge < -0.3 is 5.32 Å². The van der Waals surface area contributed by atoms with Crippen LogP contribution in [0.25, 0.3) is 0 Å². The van der Waals surface area contributed by atoms with Crippen LogP contribution in [0.2, 0.25) is 0 Å². The molecule has 1 heterocycles.